The molecule has 1 aliphatic carbocycles. The highest BCUT2D eigenvalue weighted by molar-refractivity contribution is 5.97. The maximum atomic E-state index is 12.6. The number of amides is 2. The van der Waals surface area contributed by atoms with Crippen LogP contribution in [0.15, 0.2) is 24.5 Å². The van der Waals surface area contributed by atoms with Gasteiger partial charge in [-0.1, -0.05) is 0 Å². The molecule has 0 unspecified atom stereocenters. The zero-order valence-corrected chi connectivity index (χ0v) is 14.4. The molecule has 1 saturated heterocycles. The molecule has 0 spiro atoms. The minimum Gasteiger partial charge on any atom is -0.389 e. The smallest absolute Gasteiger partial charge is 0.251 e. The number of fused-ring (bicyclic) bond motifs is 1. The van der Waals surface area contributed by atoms with Gasteiger partial charge in [0.05, 0.1) is 36.1 Å². The van der Waals surface area contributed by atoms with E-state index in [1.54, 1.807) is 24.5 Å². The second kappa shape index (κ2) is 7.05. The number of benzene rings is 1. The van der Waals surface area contributed by atoms with Crippen LogP contribution in [0.25, 0.3) is 11.0 Å². The summed E-state index contributed by atoms with van der Waals surface area (Å²) in [5.41, 5.74) is 2.15. The van der Waals surface area contributed by atoms with Crippen LogP contribution in [-0.4, -0.2) is 69.6 Å². The van der Waals surface area contributed by atoms with Gasteiger partial charge < -0.3 is 20.7 Å². The highest BCUT2D eigenvalue weighted by Crippen LogP contribution is 2.25. The number of aliphatic hydroxyl groups excluding tert-OH is 1. The van der Waals surface area contributed by atoms with E-state index in [-0.39, 0.29) is 23.9 Å². The number of hydrogen-bond donors (Lipinski definition) is 4. The maximum Gasteiger partial charge on any atom is 0.251 e. The first-order valence-electron chi connectivity index (χ1n) is 9.04. The number of nitrogens with zero attached hydrogens (tertiary/aromatic N) is 2. The van der Waals surface area contributed by atoms with Crippen LogP contribution in [0.1, 0.15) is 29.6 Å². The molecule has 2 fully saturated rings. The van der Waals surface area contributed by atoms with E-state index >= 15 is 0 Å². The summed E-state index contributed by atoms with van der Waals surface area (Å²) in [4.78, 5) is 33.4. The molecule has 8 nitrogen and oxygen atoms in total. The van der Waals surface area contributed by atoms with Gasteiger partial charge in [-0.3, -0.25) is 14.5 Å². The minimum atomic E-state index is -0.686. The van der Waals surface area contributed by atoms with Crippen molar-refractivity contribution in [3.8, 4) is 0 Å². The van der Waals surface area contributed by atoms with E-state index < -0.39 is 6.10 Å². The Morgan fingerprint density at radius 2 is 2.23 bits per heavy atom. The van der Waals surface area contributed by atoms with Gasteiger partial charge in [0, 0.05) is 24.7 Å². The van der Waals surface area contributed by atoms with E-state index in [1.807, 2.05) is 4.90 Å². The molecular formula is C18H23N5O3. The van der Waals surface area contributed by atoms with E-state index in [0.29, 0.717) is 18.7 Å². The largest absolute Gasteiger partial charge is 0.389 e. The normalized spacial score (nSPS) is 27.3. The van der Waals surface area contributed by atoms with E-state index in [9.17, 15) is 14.7 Å². The zero-order valence-electron chi connectivity index (χ0n) is 14.4. The van der Waals surface area contributed by atoms with Crippen molar-refractivity contribution in [2.45, 2.75) is 37.5 Å². The van der Waals surface area contributed by atoms with Crippen molar-refractivity contribution in [2.24, 2.45) is 0 Å². The van der Waals surface area contributed by atoms with Crippen molar-refractivity contribution in [1.82, 2.24) is 25.5 Å². The van der Waals surface area contributed by atoms with Crippen LogP contribution in [0, 0.1) is 0 Å². The summed E-state index contributed by atoms with van der Waals surface area (Å²) in [6.45, 7) is 1.63. The number of carbonyl (C=O) groups excluding carboxylic acids is 2. The Kier molecular flexibility index (Phi) is 4.60. The summed E-state index contributed by atoms with van der Waals surface area (Å²) in [5.74, 6) is -0.218. The summed E-state index contributed by atoms with van der Waals surface area (Å²) < 4.78 is 0. The number of rotatable bonds is 3. The van der Waals surface area contributed by atoms with Gasteiger partial charge in [-0.25, -0.2) is 4.98 Å². The van der Waals surface area contributed by atoms with Gasteiger partial charge >= 0.3 is 0 Å². The van der Waals surface area contributed by atoms with Gasteiger partial charge in [0.15, 0.2) is 0 Å². The van der Waals surface area contributed by atoms with Gasteiger partial charge in [-0.2, -0.15) is 0 Å². The second-order valence-electron chi connectivity index (χ2n) is 7.02. The molecule has 8 heteroatoms. The Morgan fingerprint density at radius 3 is 3.08 bits per heavy atom. The molecule has 1 aliphatic heterocycles. The number of nitrogens with one attached hydrogen (secondary N) is 3. The Balaban J connectivity index is 1.44. The van der Waals surface area contributed by atoms with Crippen LogP contribution < -0.4 is 10.6 Å². The zero-order chi connectivity index (χ0) is 18.1. The fraction of sp³-hybridized carbons (Fsp3) is 0.500. The summed E-state index contributed by atoms with van der Waals surface area (Å²) in [6.07, 6.45) is 3.38. The van der Waals surface area contributed by atoms with Gasteiger partial charge in [0.25, 0.3) is 5.91 Å². The molecule has 2 heterocycles. The first-order chi connectivity index (χ1) is 12.6. The van der Waals surface area contributed by atoms with Crippen LogP contribution in [0.3, 0.4) is 0 Å². The number of aromatic nitrogens is 2. The van der Waals surface area contributed by atoms with Gasteiger partial charge in [-0.15, -0.1) is 0 Å². The molecule has 3 atom stereocenters. The van der Waals surface area contributed by atoms with E-state index in [4.69, 9.17) is 0 Å². The van der Waals surface area contributed by atoms with Crippen molar-refractivity contribution in [1.29, 1.82) is 0 Å². The number of aromatic amines is 1. The molecule has 1 aromatic heterocycles. The van der Waals surface area contributed by atoms with Crippen LogP contribution in [0.4, 0.5) is 0 Å². The van der Waals surface area contributed by atoms with Gasteiger partial charge in [0.2, 0.25) is 5.91 Å². The van der Waals surface area contributed by atoms with Crippen LogP contribution in [-0.2, 0) is 4.79 Å². The highest BCUT2D eigenvalue weighted by atomic mass is 16.3. The van der Waals surface area contributed by atoms with E-state index in [1.165, 1.54) is 0 Å². The number of aliphatic hydroxyl groups is 1. The van der Waals surface area contributed by atoms with E-state index in [2.05, 4.69) is 20.6 Å². The van der Waals surface area contributed by atoms with Crippen molar-refractivity contribution in [2.75, 3.05) is 19.6 Å². The lowest BCUT2D eigenvalue weighted by Gasteiger charge is -2.42. The molecule has 1 aromatic carbocycles. The fourth-order valence-electron chi connectivity index (χ4n) is 3.98. The summed E-state index contributed by atoms with van der Waals surface area (Å²) in [5, 5.41) is 16.6. The monoisotopic (exact) mass is 357 g/mol. The third-order valence-electron chi connectivity index (χ3n) is 5.36. The quantitative estimate of drug-likeness (QED) is 0.618. The molecule has 26 heavy (non-hydrogen) atoms. The Hall–Kier alpha value is -2.45. The Morgan fingerprint density at radius 1 is 1.35 bits per heavy atom. The lowest BCUT2D eigenvalue weighted by molar-refractivity contribution is -0.126. The number of piperazine rings is 1. The molecule has 0 radical (unpaired) electrons. The van der Waals surface area contributed by atoms with Crippen LogP contribution in [0.5, 0.6) is 0 Å². The minimum absolute atomic E-state index is 0.0116. The maximum absolute atomic E-state index is 12.6. The van der Waals surface area contributed by atoms with E-state index in [0.717, 1.165) is 36.8 Å². The summed E-state index contributed by atoms with van der Waals surface area (Å²) >= 11 is 0. The van der Waals surface area contributed by atoms with Crippen molar-refractivity contribution >= 4 is 22.8 Å². The van der Waals surface area contributed by atoms with Crippen molar-refractivity contribution in [3.63, 3.8) is 0 Å². The average molecular weight is 357 g/mol. The second-order valence-corrected chi connectivity index (χ2v) is 7.02. The van der Waals surface area contributed by atoms with Crippen molar-refractivity contribution < 1.29 is 14.7 Å². The molecule has 138 valence electrons. The third kappa shape index (κ3) is 3.30. The number of carbonyl (C=O) groups is 2. The Labute approximate surface area is 151 Å². The van der Waals surface area contributed by atoms with Crippen LogP contribution in [0.2, 0.25) is 0 Å². The van der Waals surface area contributed by atoms with Crippen LogP contribution >= 0.6 is 0 Å². The van der Waals surface area contributed by atoms with Crippen molar-refractivity contribution in [3.05, 3.63) is 30.1 Å². The molecule has 1 saturated carbocycles. The number of imidazole rings is 1. The summed E-state index contributed by atoms with van der Waals surface area (Å²) in [6, 6.07) is 4.88. The first kappa shape index (κ1) is 17.0. The average Bonchev–Trinajstić information content (AvgIpc) is 3.11. The topological polar surface area (TPSA) is 110 Å². The number of H-pyrrole nitrogens is 1. The molecule has 2 amide bonds. The van der Waals surface area contributed by atoms with Gasteiger partial charge in [-0.05, 0) is 37.5 Å². The molecular weight excluding hydrogens is 334 g/mol. The standard InChI is InChI=1S/C18H23N5O3/c24-16-9-23(7-6-19-16)15-3-1-2-13(17(15)25)22-18(26)11-4-5-12-14(8-11)21-10-20-12/h4-5,8,10,13,15,17,25H,1-3,6-7,9H2,(H,19,24)(H,20,21)(H,22,26)/t13-,15-,17-/m1/s1. The predicted molar refractivity (Wildman–Crippen MR) is 95.6 cm³/mol. The highest BCUT2D eigenvalue weighted by Gasteiger charge is 2.37. The molecule has 2 aliphatic rings. The first-order valence-corrected chi connectivity index (χ1v) is 9.04. The predicted octanol–water partition coefficient (Wildman–Crippen LogP) is 0.00650. The molecule has 0 bridgehead atoms. The van der Waals surface area contributed by atoms with Gasteiger partial charge in [0.1, 0.15) is 0 Å². The lowest BCUT2D eigenvalue weighted by Crippen LogP contribution is -2.60. The summed E-state index contributed by atoms with van der Waals surface area (Å²) in [7, 11) is 0. The number of hydrogen-bond acceptors (Lipinski definition) is 5. The Bertz CT molecular complexity index is 820. The molecule has 2 aromatic rings. The third-order valence-corrected chi connectivity index (χ3v) is 5.36. The molecule has 4 N–H and O–H groups in total. The SMILES string of the molecule is O=C1CN([C@@H]2CCC[C@@H](NC(=O)c3ccc4nc[nH]c4c3)[C@H]2O)CCN1. The lowest BCUT2D eigenvalue weighted by atomic mass is 9.86. The molecule has 4 rings (SSSR count). The fourth-order valence-corrected chi connectivity index (χ4v) is 3.98.